The van der Waals surface area contributed by atoms with Gasteiger partial charge < -0.3 is 15.0 Å². The van der Waals surface area contributed by atoms with Crippen LogP contribution in [0.4, 0.5) is 5.69 Å². The van der Waals surface area contributed by atoms with Crippen LogP contribution in [-0.2, 0) is 11.2 Å². The molecule has 1 aromatic carbocycles. The van der Waals surface area contributed by atoms with Crippen molar-refractivity contribution in [1.82, 2.24) is 4.90 Å². The lowest BCUT2D eigenvalue weighted by molar-refractivity contribution is -0.0444. The number of amides is 1. The van der Waals surface area contributed by atoms with Crippen molar-refractivity contribution in [2.24, 2.45) is 0 Å². The number of carbonyl (C=O) groups is 1. The first-order valence-electron chi connectivity index (χ1n) is 7.48. The van der Waals surface area contributed by atoms with Crippen LogP contribution in [0.25, 0.3) is 0 Å². The summed E-state index contributed by atoms with van der Waals surface area (Å²) in [6.07, 6.45) is 2.07. The van der Waals surface area contributed by atoms with Gasteiger partial charge >= 0.3 is 0 Å². The number of fused-ring (bicyclic) bond motifs is 1. The summed E-state index contributed by atoms with van der Waals surface area (Å²) in [5.41, 5.74) is 3.23. The Kier molecular flexibility index (Phi) is 5.12. The minimum atomic E-state index is 0. The van der Waals surface area contributed by atoms with E-state index in [4.69, 9.17) is 4.74 Å². The van der Waals surface area contributed by atoms with Gasteiger partial charge in [-0.3, -0.25) is 4.79 Å². The predicted molar refractivity (Wildman–Crippen MR) is 86.4 cm³/mol. The second-order valence-electron chi connectivity index (χ2n) is 5.71. The molecule has 2 heterocycles. The summed E-state index contributed by atoms with van der Waals surface area (Å²) in [6.45, 7) is 6.44. The van der Waals surface area contributed by atoms with Gasteiger partial charge in [-0.2, -0.15) is 0 Å². The molecule has 0 aromatic heterocycles. The van der Waals surface area contributed by atoms with Crippen molar-refractivity contribution in [3.05, 3.63) is 29.3 Å². The lowest BCUT2D eigenvalue weighted by Crippen LogP contribution is -2.51. The Hall–Kier alpha value is -1.26. The van der Waals surface area contributed by atoms with Gasteiger partial charge in [-0.1, -0.05) is 6.92 Å². The van der Waals surface area contributed by atoms with Crippen LogP contribution in [-0.4, -0.2) is 42.6 Å². The van der Waals surface area contributed by atoms with Gasteiger partial charge in [-0.25, -0.2) is 0 Å². The average Bonchev–Trinajstić information content (AvgIpc) is 2.93. The minimum Gasteiger partial charge on any atom is -0.384 e. The van der Waals surface area contributed by atoms with Crippen LogP contribution in [0.2, 0.25) is 0 Å². The van der Waals surface area contributed by atoms with Gasteiger partial charge in [0, 0.05) is 24.3 Å². The normalized spacial score (nSPS) is 24.0. The van der Waals surface area contributed by atoms with Crippen LogP contribution in [0.15, 0.2) is 18.2 Å². The van der Waals surface area contributed by atoms with Crippen LogP contribution in [0.5, 0.6) is 0 Å². The predicted octanol–water partition coefficient (Wildman–Crippen LogP) is 2.72. The van der Waals surface area contributed by atoms with E-state index in [-0.39, 0.29) is 30.5 Å². The average molecular weight is 311 g/mol. The van der Waals surface area contributed by atoms with Gasteiger partial charge in [0.2, 0.25) is 0 Å². The Morgan fingerprint density at radius 2 is 2.29 bits per heavy atom. The number of hydrogen-bond acceptors (Lipinski definition) is 3. The molecule has 21 heavy (non-hydrogen) atoms. The molecule has 2 atom stereocenters. The minimum absolute atomic E-state index is 0. The van der Waals surface area contributed by atoms with Crippen molar-refractivity contribution < 1.29 is 9.53 Å². The smallest absolute Gasteiger partial charge is 0.254 e. The summed E-state index contributed by atoms with van der Waals surface area (Å²) in [5, 5.41) is 3.33. The molecule has 1 saturated heterocycles. The number of morpholine rings is 1. The third-order valence-electron chi connectivity index (χ3n) is 4.26. The molecule has 0 saturated carbocycles. The van der Waals surface area contributed by atoms with E-state index in [9.17, 15) is 4.79 Å². The first-order valence-corrected chi connectivity index (χ1v) is 7.48. The van der Waals surface area contributed by atoms with Crippen LogP contribution in [0.1, 0.15) is 36.2 Å². The van der Waals surface area contributed by atoms with Crippen LogP contribution >= 0.6 is 12.4 Å². The first kappa shape index (κ1) is 16.1. The van der Waals surface area contributed by atoms with E-state index in [2.05, 4.69) is 12.2 Å². The molecule has 1 fully saturated rings. The van der Waals surface area contributed by atoms with E-state index >= 15 is 0 Å². The van der Waals surface area contributed by atoms with Gasteiger partial charge in [0.25, 0.3) is 5.91 Å². The van der Waals surface area contributed by atoms with E-state index in [1.807, 2.05) is 30.0 Å². The molecule has 4 nitrogen and oxygen atoms in total. The summed E-state index contributed by atoms with van der Waals surface area (Å²) in [6, 6.07) is 6.21. The Labute approximate surface area is 132 Å². The molecule has 2 unspecified atom stereocenters. The Balaban J connectivity index is 0.00000161. The molecule has 1 N–H and O–H groups in total. The molecule has 1 amide bonds. The lowest BCUT2D eigenvalue weighted by atomic mass is 10.0. The molecule has 2 aliphatic rings. The molecular weight excluding hydrogens is 288 g/mol. The summed E-state index contributed by atoms with van der Waals surface area (Å²) in [4.78, 5) is 14.7. The van der Waals surface area contributed by atoms with Crippen LogP contribution in [0.3, 0.4) is 0 Å². The third-order valence-corrected chi connectivity index (χ3v) is 4.26. The summed E-state index contributed by atoms with van der Waals surface area (Å²) < 4.78 is 5.67. The monoisotopic (exact) mass is 310 g/mol. The first-order chi connectivity index (χ1) is 9.69. The topological polar surface area (TPSA) is 41.6 Å². The highest BCUT2D eigenvalue weighted by Crippen LogP contribution is 2.25. The number of carbonyl (C=O) groups excluding carboxylic acids is 1. The maximum atomic E-state index is 12.8. The summed E-state index contributed by atoms with van der Waals surface area (Å²) in [5.74, 6) is 0.140. The molecule has 2 aliphatic heterocycles. The third kappa shape index (κ3) is 3.16. The second-order valence-corrected chi connectivity index (χ2v) is 5.71. The van der Waals surface area contributed by atoms with Crippen molar-refractivity contribution in [1.29, 1.82) is 0 Å². The number of anilines is 1. The largest absolute Gasteiger partial charge is 0.384 e. The molecule has 1 aromatic rings. The quantitative estimate of drug-likeness (QED) is 0.913. The maximum Gasteiger partial charge on any atom is 0.254 e. The maximum absolute atomic E-state index is 12.8. The fourth-order valence-corrected chi connectivity index (χ4v) is 3.03. The van der Waals surface area contributed by atoms with Crippen molar-refractivity contribution in [3.8, 4) is 0 Å². The Bertz CT molecular complexity index is 521. The molecule has 0 bridgehead atoms. The van der Waals surface area contributed by atoms with Gasteiger partial charge in [-0.05, 0) is 43.5 Å². The number of rotatable bonds is 2. The standard InChI is InChI=1S/C16H22N2O2.ClH/c1-3-14-10-20-11(2)9-18(14)16(19)13-4-5-15-12(8-13)6-7-17-15;/h4-5,8,11,14,17H,3,6-7,9-10H2,1-2H3;1H. The zero-order chi connectivity index (χ0) is 14.1. The number of benzene rings is 1. The summed E-state index contributed by atoms with van der Waals surface area (Å²) >= 11 is 0. The number of hydrogen-bond donors (Lipinski definition) is 1. The molecule has 116 valence electrons. The SMILES string of the molecule is CCC1COC(C)CN1C(=O)c1ccc2c(c1)CCN2.Cl. The van der Waals surface area contributed by atoms with Gasteiger partial charge in [-0.15, -0.1) is 12.4 Å². The number of halogens is 1. The zero-order valence-electron chi connectivity index (χ0n) is 12.6. The molecule has 0 spiro atoms. The van der Waals surface area contributed by atoms with E-state index in [0.717, 1.165) is 24.9 Å². The molecule has 0 aliphatic carbocycles. The second kappa shape index (κ2) is 6.67. The number of nitrogens with one attached hydrogen (secondary N) is 1. The van der Waals surface area contributed by atoms with Crippen molar-refractivity contribution >= 4 is 24.0 Å². The highest BCUT2D eigenvalue weighted by molar-refractivity contribution is 5.95. The Morgan fingerprint density at radius 3 is 3.05 bits per heavy atom. The van der Waals surface area contributed by atoms with Crippen LogP contribution in [0, 0.1) is 0 Å². The van der Waals surface area contributed by atoms with E-state index in [1.165, 1.54) is 11.3 Å². The van der Waals surface area contributed by atoms with E-state index in [0.29, 0.717) is 13.2 Å². The number of nitrogens with zero attached hydrogens (tertiary/aromatic N) is 1. The highest BCUT2D eigenvalue weighted by Gasteiger charge is 2.30. The van der Waals surface area contributed by atoms with E-state index < -0.39 is 0 Å². The molecule has 5 heteroatoms. The van der Waals surface area contributed by atoms with E-state index in [1.54, 1.807) is 0 Å². The van der Waals surface area contributed by atoms with Crippen molar-refractivity contribution in [2.75, 3.05) is 25.0 Å². The number of ether oxygens (including phenoxy) is 1. The molecule has 3 rings (SSSR count). The van der Waals surface area contributed by atoms with Crippen LogP contribution < -0.4 is 5.32 Å². The highest BCUT2D eigenvalue weighted by atomic mass is 35.5. The van der Waals surface area contributed by atoms with Gasteiger partial charge in [0.1, 0.15) is 0 Å². The fraction of sp³-hybridized carbons (Fsp3) is 0.562. The molecule has 0 radical (unpaired) electrons. The van der Waals surface area contributed by atoms with Crippen molar-refractivity contribution in [3.63, 3.8) is 0 Å². The fourth-order valence-electron chi connectivity index (χ4n) is 3.03. The summed E-state index contributed by atoms with van der Waals surface area (Å²) in [7, 11) is 0. The molecular formula is C16H23ClN2O2. The van der Waals surface area contributed by atoms with Gasteiger partial charge in [0.15, 0.2) is 0 Å². The van der Waals surface area contributed by atoms with Gasteiger partial charge in [0.05, 0.1) is 18.8 Å². The lowest BCUT2D eigenvalue weighted by Gasteiger charge is -2.38. The Morgan fingerprint density at radius 1 is 1.48 bits per heavy atom. The van der Waals surface area contributed by atoms with Crippen molar-refractivity contribution in [2.45, 2.75) is 38.8 Å². The zero-order valence-corrected chi connectivity index (χ0v) is 13.4.